The Labute approximate surface area is 295 Å². The number of rotatable bonds is 13. The molecule has 0 amide bonds. The van der Waals surface area contributed by atoms with Crippen LogP contribution in [0.25, 0.3) is 6.08 Å². The Bertz CT molecular complexity index is 1670. The van der Waals surface area contributed by atoms with E-state index < -0.39 is 24.4 Å². The lowest BCUT2D eigenvalue weighted by molar-refractivity contribution is 0.0501. The van der Waals surface area contributed by atoms with Crippen LogP contribution in [-0.2, 0) is 14.4 Å². The van der Waals surface area contributed by atoms with Crippen LogP contribution in [0.1, 0.15) is 51.2 Å². The predicted octanol–water partition coefficient (Wildman–Crippen LogP) is 10.1. The number of methoxy groups -OCH3 is 1. The first kappa shape index (κ1) is 37.5. The summed E-state index contributed by atoms with van der Waals surface area (Å²) in [7, 11) is -2.53. The zero-order valence-electron chi connectivity index (χ0n) is 28.7. The summed E-state index contributed by atoms with van der Waals surface area (Å²) in [5.41, 5.74) is 3.00. The maximum atomic E-state index is 13.4. The molecule has 1 aliphatic carbocycles. The van der Waals surface area contributed by atoms with Gasteiger partial charge in [-0.1, -0.05) is 74.5 Å². The fourth-order valence-electron chi connectivity index (χ4n) is 5.07. The first-order valence-corrected chi connectivity index (χ1v) is 22.0. The summed E-state index contributed by atoms with van der Waals surface area (Å²) < 4.78 is 48.9. The van der Waals surface area contributed by atoms with Crippen LogP contribution in [0.4, 0.5) is 0 Å². The van der Waals surface area contributed by atoms with Gasteiger partial charge in [0.05, 0.1) is 22.6 Å². The molecule has 0 radical (unpaired) electrons. The van der Waals surface area contributed by atoms with E-state index in [1.54, 1.807) is 38.1 Å². The molecule has 10 heteroatoms. The summed E-state index contributed by atoms with van der Waals surface area (Å²) in [4.78, 5) is 1.45. The van der Waals surface area contributed by atoms with Crippen LogP contribution in [0.2, 0.25) is 18.1 Å². The number of nitrogens with zero attached hydrogens (tertiary/aromatic N) is 1. The standard InChI is InChI=1S/C37H48BrNO5S2Si/c1-27-17-20-31(21-18-27)46(40,41)39(5)25-23-29-13-12-16-33(44-47(7,8)37(2,3)4)35(29)43-36-32(42-6)22-19-28(34(36)38)24-26-45-30-14-10-9-11-15-30/h9-11,13-15,17-22,24,26,33,35H,12,16,23,25H2,1-8H3/b26-24+/t33-,35-/m1/s1. The Morgan fingerprint density at radius 1 is 1.04 bits per heavy atom. The molecule has 0 saturated carbocycles. The maximum Gasteiger partial charge on any atom is 0.242 e. The Kier molecular flexibility index (Phi) is 12.7. The van der Waals surface area contributed by atoms with Gasteiger partial charge in [0.15, 0.2) is 19.8 Å². The molecule has 0 spiro atoms. The van der Waals surface area contributed by atoms with Gasteiger partial charge in [-0.3, -0.25) is 0 Å². The van der Waals surface area contributed by atoms with Crippen LogP contribution in [0.15, 0.2) is 98.1 Å². The summed E-state index contributed by atoms with van der Waals surface area (Å²) in [5, 5.41) is 2.08. The number of hydrogen-bond donors (Lipinski definition) is 0. The zero-order chi connectivity index (χ0) is 34.4. The van der Waals surface area contributed by atoms with Gasteiger partial charge < -0.3 is 13.9 Å². The molecule has 3 aromatic carbocycles. The van der Waals surface area contributed by atoms with Crippen LogP contribution in [0, 0.1) is 6.92 Å². The van der Waals surface area contributed by atoms with E-state index in [0.29, 0.717) is 29.4 Å². The number of hydrogen-bond acceptors (Lipinski definition) is 6. The Balaban J connectivity index is 1.64. The van der Waals surface area contributed by atoms with Gasteiger partial charge in [0.2, 0.25) is 10.0 Å². The zero-order valence-corrected chi connectivity index (χ0v) is 33.0. The third-order valence-corrected chi connectivity index (χ3v) is 17.0. The molecule has 0 N–H and O–H groups in total. The van der Waals surface area contributed by atoms with Crippen LogP contribution >= 0.6 is 27.7 Å². The molecule has 254 valence electrons. The highest BCUT2D eigenvalue weighted by atomic mass is 79.9. The van der Waals surface area contributed by atoms with E-state index in [1.807, 2.05) is 49.4 Å². The van der Waals surface area contributed by atoms with Crippen molar-refractivity contribution in [3.8, 4) is 11.5 Å². The molecular formula is C37H48BrNO5S2Si. The number of ether oxygens (including phenoxy) is 2. The summed E-state index contributed by atoms with van der Waals surface area (Å²) in [6.45, 7) is 13.5. The van der Waals surface area contributed by atoms with Gasteiger partial charge in [-0.05, 0) is 119 Å². The lowest BCUT2D eigenvalue weighted by atomic mass is 9.91. The first-order chi connectivity index (χ1) is 22.1. The molecule has 0 unspecified atom stereocenters. The number of halogens is 1. The van der Waals surface area contributed by atoms with Gasteiger partial charge in [0.1, 0.15) is 6.10 Å². The molecule has 0 heterocycles. The summed E-state index contributed by atoms with van der Waals surface area (Å²) in [5.74, 6) is 1.21. The van der Waals surface area contributed by atoms with Crippen molar-refractivity contribution in [1.82, 2.24) is 4.31 Å². The van der Waals surface area contributed by atoms with Crippen LogP contribution in [0.5, 0.6) is 11.5 Å². The molecule has 6 nitrogen and oxygen atoms in total. The third-order valence-electron chi connectivity index (χ3n) is 9.01. The average Bonchev–Trinajstić information content (AvgIpc) is 3.02. The molecule has 0 aromatic heterocycles. The predicted molar refractivity (Wildman–Crippen MR) is 201 cm³/mol. The molecule has 2 atom stereocenters. The molecule has 0 bridgehead atoms. The summed E-state index contributed by atoms with van der Waals surface area (Å²) in [6.07, 6.45) is 5.79. The molecule has 0 fully saturated rings. The van der Waals surface area contributed by atoms with Gasteiger partial charge in [-0.2, -0.15) is 0 Å². The molecule has 0 saturated heterocycles. The van der Waals surface area contributed by atoms with E-state index in [-0.39, 0.29) is 11.1 Å². The Hall–Kier alpha value is -2.34. The topological polar surface area (TPSA) is 65.1 Å². The summed E-state index contributed by atoms with van der Waals surface area (Å²) in [6, 6.07) is 21.1. The smallest absolute Gasteiger partial charge is 0.242 e. The normalized spacial score (nSPS) is 17.6. The lowest BCUT2D eigenvalue weighted by Crippen LogP contribution is -2.49. The van der Waals surface area contributed by atoms with Crippen molar-refractivity contribution >= 4 is 52.1 Å². The Morgan fingerprint density at radius 2 is 1.72 bits per heavy atom. The lowest BCUT2D eigenvalue weighted by Gasteiger charge is -2.43. The minimum atomic E-state index is -3.64. The van der Waals surface area contributed by atoms with Crippen molar-refractivity contribution in [1.29, 1.82) is 0 Å². The quantitative estimate of drug-likeness (QED) is 0.0983. The highest BCUT2D eigenvalue weighted by Gasteiger charge is 2.43. The second kappa shape index (κ2) is 15.9. The van der Waals surface area contributed by atoms with Crippen LogP contribution in [-0.4, -0.2) is 54.0 Å². The van der Waals surface area contributed by atoms with E-state index in [1.165, 1.54) is 4.31 Å². The highest BCUT2D eigenvalue weighted by Crippen LogP contribution is 2.44. The van der Waals surface area contributed by atoms with E-state index >= 15 is 0 Å². The molecule has 0 aliphatic heterocycles. The number of thioether (sulfide) groups is 1. The summed E-state index contributed by atoms with van der Waals surface area (Å²) >= 11 is 5.48. The van der Waals surface area contributed by atoms with Gasteiger partial charge in [0.25, 0.3) is 0 Å². The van der Waals surface area contributed by atoms with Crippen LogP contribution < -0.4 is 9.47 Å². The first-order valence-electron chi connectivity index (χ1n) is 15.9. The SMILES string of the molecule is COc1ccc(/C=C/Sc2ccccc2)c(Br)c1O[C@@H]1C(CCN(C)S(=O)(=O)c2ccc(C)cc2)=CCC[C@H]1O[Si](C)(C)C(C)(C)C. The average molecular weight is 759 g/mol. The fraction of sp³-hybridized carbons (Fsp3) is 0.405. The van der Waals surface area contributed by atoms with Gasteiger partial charge in [0, 0.05) is 18.5 Å². The second-order valence-corrected chi connectivity index (χ2v) is 22.0. The van der Waals surface area contributed by atoms with E-state index in [4.69, 9.17) is 13.9 Å². The molecular weight excluding hydrogens is 711 g/mol. The van der Waals surface area contributed by atoms with Gasteiger partial charge in [-0.15, -0.1) is 0 Å². The minimum Gasteiger partial charge on any atom is -0.493 e. The molecule has 47 heavy (non-hydrogen) atoms. The molecule has 3 aromatic rings. The van der Waals surface area contributed by atoms with Crippen molar-refractivity contribution in [2.75, 3.05) is 20.7 Å². The largest absolute Gasteiger partial charge is 0.493 e. The number of allylic oxidation sites excluding steroid dienone is 1. The highest BCUT2D eigenvalue weighted by molar-refractivity contribution is 9.10. The van der Waals surface area contributed by atoms with Crippen molar-refractivity contribution in [3.05, 3.63) is 99.4 Å². The van der Waals surface area contributed by atoms with E-state index in [2.05, 4.69) is 79.5 Å². The van der Waals surface area contributed by atoms with Crippen molar-refractivity contribution in [3.63, 3.8) is 0 Å². The second-order valence-electron chi connectivity index (χ2n) is 13.4. The molecule has 4 rings (SSSR count). The minimum absolute atomic E-state index is 0.0145. The number of aryl methyl sites for hydroxylation is 1. The van der Waals surface area contributed by atoms with Crippen molar-refractivity contribution in [2.45, 2.75) is 87.1 Å². The van der Waals surface area contributed by atoms with Crippen molar-refractivity contribution in [2.24, 2.45) is 0 Å². The number of sulfonamides is 1. The van der Waals surface area contributed by atoms with Crippen molar-refractivity contribution < 1.29 is 22.3 Å². The molecule has 1 aliphatic rings. The van der Waals surface area contributed by atoms with Crippen LogP contribution in [0.3, 0.4) is 0 Å². The van der Waals surface area contributed by atoms with E-state index in [9.17, 15) is 8.42 Å². The number of benzene rings is 3. The Morgan fingerprint density at radius 3 is 2.36 bits per heavy atom. The third kappa shape index (κ3) is 9.42. The van der Waals surface area contributed by atoms with Gasteiger partial charge in [-0.25, -0.2) is 12.7 Å². The van der Waals surface area contributed by atoms with Gasteiger partial charge >= 0.3 is 0 Å². The maximum absolute atomic E-state index is 13.4. The monoisotopic (exact) mass is 757 g/mol. The fourth-order valence-corrected chi connectivity index (χ4v) is 8.84. The van der Waals surface area contributed by atoms with E-state index in [0.717, 1.165) is 38.9 Å².